The van der Waals surface area contributed by atoms with Gasteiger partial charge in [0.2, 0.25) is 0 Å². The SMILES string of the molecule is CSCCCCCCNC(=O)N(CC(=O)O)CC1CC1. The molecule has 0 spiro atoms. The van der Waals surface area contributed by atoms with E-state index < -0.39 is 5.97 Å². The first kappa shape index (κ1) is 17.1. The van der Waals surface area contributed by atoms with Crippen molar-refractivity contribution in [1.82, 2.24) is 10.2 Å². The van der Waals surface area contributed by atoms with Gasteiger partial charge in [-0.2, -0.15) is 11.8 Å². The Bertz CT molecular complexity index is 309. The van der Waals surface area contributed by atoms with Crippen molar-refractivity contribution in [2.75, 3.05) is 31.6 Å². The molecular formula is C14H26N2O3S. The summed E-state index contributed by atoms with van der Waals surface area (Å²) in [5, 5.41) is 11.7. The summed E-state index contributed by atoms with van der Waals surface area (Å²) < 4.78 is 0. The van der Waals surface area contributed by atoms with Gasteiger partial charge in [0.05, 0.1) is 0 Å². The molecule has 2 amide bonds. The Morgan fingerprint density at radius 3 is 2.55 bits per heavy atom. The van der Waals surface area contributed by atoms with Gasteiger partial charge >= 0.3 is 12.0 Å². The second-order valence-corrected chi connectivity index (χ2v) is 6.34. The largest absolute Gasteiger partial charge is 0.480 e. The Hall–Kier alpha value is -0.910. The summed E-state index contributed by atoms with van der Waals surface area (Å²) in [7, 11) is 0. The number of urea groups is 1. The van der Waals surface area contributed by atoms with Gasteiger partial charge in [-0.1, -0.05) is 12.8 Å². The summed E-state index contributed by atoms with van der Waals surface area (Å²) in [4.78, 5) is 24.1. The molecule has 0 atom stereocenters. The van der Waals surface area contributed by atoms with Crippen LogP contribution in [-0.2, 0) is 4.79 Å². The van der Waals surface area contributed by atoms with Crippen LogP contribution in [0.25, 0.3) is 0 Å². The van der Waals surface area contributed by atoms with E-state index in [1.54, 1.807) is 0 Å². The van der Waals surface area contributed by atoms with E-state index in [9.17, 15) is 9.59 Å². The van der Waals surface area contributed by atoms with Crippen LogP contribution in [0.5, 0.6) is 0 Å². The molecule has 2 N–H and O–H groups in total. The molecule has 0 saturated heterocycles. The Kier molecular flexibility index (Phi) is 8.49. The van der Waals surface area contributed by atoms with E-state index in [1.807, 2.05) is 11.8 Å². The van der Waals surface area contributed by atoms with Gasteiger partial charge in [0.25, 0.3) is 0 Å². The number of unbranched alkanes of at least 4 members (excludes halogenated alkanes) is 3. The lowest BCUT2D eigenvalue weighted by molar-refractivity contribution is -0.137. The molecule has 0 heterocycles. The number of nitrogens with zero attached hydrogens (tertiary/aromatic N) is 1. The molecule has 0 aromatic carbocycles. The highest BCUT2D eigenvalue weighted by Crippen LogP contribution is 2.29. The van der Waals surface area contributed by atoms with Crippen molar-refractivity contribution >= 4 is 23.8 Å². The predicted octanol–water partition coefficient (Wildman–Crippen LogP) is 2.42. The van der Waals surface area contributed by atoms with Gasteiger partial charge in [0, 0.05) is 13.1 Å². The molecule has 1 aliphatic carbocycles. The second kappa shape index (κ2) is 9.91. The highest BCUT2D eigenvalue weighted by Gasteiger charge is 2.27. The average molecular weight is 302 g/mol. The van der Waals surface area contributed by atoms with E-state index in [0.717, 1.165) is 25.7 Å². The van der Waals surface area contributed by atoms with Crippen molar-refractivity contribution in [3.05, 3.63) is 0 Å². The second-order valence-electron chi connectivity index (χ2n) is 5.36. The van der Waals surface area contributed by atoms with Crippen LogP contribution in [0.15, 0.2) is 0 Å². The van der Waals surface area contributed by atoms with Crippen molar-refractivity contribution in [3.63, 3.8) is 0 Å². The van der Waals surface area contributed by atoms with Gasteiger partial charge in [-0.05, 0) is 43.6 Å². The van der Waals surface area contributed by atoms with Crippen LogP contribution >= 0.6 is 11.8 Å². The standard InChI is InChI=1S/C14H26N2O3S/c1-20-9-5-3-2-4-8-15-14(19)16(11-13(17)18)10-12-6-7-12/h12H,2-11H2,1H3,(H,15,19)(H,17,18). The molecule has 20 heavy (non-hydrogen) atoms. The Balaban J connectivity index is 2.12. The van der Waals surface area contributed by atoms with Gasteiger partial charge in [-0.25, -0.2) is 4.79 Å². The molecule has 1 saturated carbocycles. The lowest BCUT2D eigenvalue weighted by atomic mass is 10.2. The van der Waals surface area contributed by atoms with E-state index in [-0.39, 0.29) is 12.6 Å². The monoisotopic (exact) mass is 302 g/mol. The third-order valence-electron chi connectivity index (χ3n) is 3.34. The van der Waals surface area contributed by atoms with Crippen LogP contribution in [-0.4, -0.2) is 53.6 Å². The maximum Gasteiger partial charge on any atom is 0.323 e. The maximum absolute atomic E-state index is 11.9. The van der Waals surface area contributed by atoms with Crippen molar-refractivity contribution in [2.45, 2.75) is 38.5 Å². The molecule has 1 aliphatic rings. The van der Waals surface area contributed by atoms with Crippen LogP contribution in [0, 0.1) is 5.92 Å². The minimum atomic E-state index is -0.946. The zero-order valence-corrected chi connectivity index (χ0v) is 13.1. The van der Waals surface area contributed by atoms with Gasteiger partial charge in [-0.3, -0.25) is 4.79 Å². The number of carboxylic acids is 1. The minimum absolute atomic E-state index is 0.198. The van der Waals surface area contributed by atoms with Crippen molar-refractivity contribution in [3.8, 4) is 0 Å². The summed E-state index contributed by atoms with van der Waals surface area (Å²) >= 11 is 1.86. The first-order valence-corrected chi connectivity index (χ1v) is 8.76. The highest BCUT2D eigenvalue weighted by molar-refractivity contribution is 7.98. The average Bonchev–Trinajstić information content (AvgIpc) is 3.20. The normalized spacial score (nSPS) is 14.1. The predicted molar refractivity (Wildman–Crippen MR) is 82.2 cm³/mol. The summed E-state index contributed by atoms with van der Waals surface area (Å²) in [6.45, 7) is 1.01. The van der Waals surface area contributed by atoms with E-state index >= 15 is 0 Å². The third-order valence-corrected chi connectivity index (χ3v) is 4.04. The summed E-state index contributed by atoms with van der Waals surface area (Å²) in [6, 6.07) is -0.233. The fourth-order valence-electron chi connectivity index (χ4n) is 2.03. The molecule has 6 heteroatoms. The summed E-state index contributed by atoms with van der Waals surface area (Å²) in [6.07, 6.45) is 8.82. The van der Waals surface area contributed by atoms with Gasteiger partial charge in [0.15, 0.2) is 0 Å². The molecule has 1 rings (SSSR count). The number of amides is 2. The van der Waals surface area contributed by atoms with Crippen molar-refractivity contribution < 1.29 is 14.7 Å². The molecule has 0 aromatic heterocycles. The number of aliphatic carboxylic acids is 1. The highest BCUT2D eigenvalue weighted by atomic mass is 32.2. The van der Waals surface area contributed by atoms with Crippen molar-refractivity contribution in [2.24, 2.45) is 5.92 Å². The van der Waals surface area contributed by atoms with E-state index in [4.69, 9.17) is 5.11 Å². The molecule has 5 nitrogen and oxygen atoms in total. The fraction of sp³-hybridized carbons (Fsp3) is 0.857. The number of rotatable bonds is 11. The lowest BCUT2D eigenvalue weighted by Gasteiger charge is -2.21. The molecule has 0 unspecified atom stereocenters. The smallest absolute Gasteiger partial charge is 0.323 e. The first-order valence-electron chi connectivity index (χ1n) is 7.37. The van der Waals surface area contributed by atoms with E-state index in [0.29, 0.717) is 19.0 Å². The lowest BCUT2D eigenvalue weighted by Crippen LogP contribution is -2.44. The van der Waals surface area contributed by atoms with Crippen molar-refractivity contribution in [1.29, 1.82) is 0 Å². The molecule has 0 aromatic rings. The number of thioether (sulfide) groups is 1. The topological polar surface area (TPSA) is 69.6 Å². The van der Waals surface area contributed by atoms with Gasteiger partial charge < -0.3 is 15.3 Å². The molecule has 0 radical (unpaired) electrons. The minimum Gasteiger partial charge on any atom is -0.480 e. The molecule has 0 bridgehead atoms. The van der Waals surface area contributed by atoms with Gasteiger partial charge in [0.1, 0.15) is 6.54 Å². The third kappa shape index (κ3) is 8.30. The summed E-state index contributed by atoms with van der Waals surface area (Å²) in [5.41, 5.74) is 0. The van der Waals surface area contributed by atoms with Crippen LogP contribution < -0.4 is 5.32 Å². The number of hydrogen-bond acceptors (Lipinski definition) is 3. The fourth-order valence-corrected chi connectivity index (χ4v) is 2.52. The quantitative estimate of drug-likeness (QED) is 0.575. The number of nitrogens with one attached hydrogen (secondary N) is 1. The first-order chi connectivity index (χ1) is 9.63. The summed E-state index contributed by atoms with van der Waals surface area (Å²) in [5.74, 6) is 0.754. The zero-order valence-electron chi connectivity index (χ0n) is 12.3. The Labute approximate surface area is 125 Å². The van der Waals surface area contributed by atoms with Gasteiger partial charge in [-0.15, -0.1) is 0 Å². The van der Waals surface area contributed by atoms with E-state index in [2.05, 4.69) is 11.6 Å². The zero-order chi connectivity index (χ0) is 14.8. The Morgan fingerprint density at radius 1 is 1.25 bits per heavy atom. The Morgan fingerprint density at radius 2 is 1.95 bits per heavy atom. The van der Waals surface area contributed by atoms with Crippen LogP contribution in [0.2, 0.25) is 0 Å². The molecular weight excluding hydrogens is 276 g/mol. The molecule has 1 fully saturated rings. The number of carbonyl (C=O) groups is 2. The van der Waals surface area contributed by atoms with E-state index in [1.165, 1.54) is 23.5 Å². The molecule has 116 valence electrons. The number of carboxylic acid groups (broad SMARTS) is 1. The number of carbonyl (C=O) groups excluding carboxylic acids is 1. The number of hydrogen-bond donors (Lipinski definition) is 2. The van der Waals surface area contributed by atoms with Crippen LogP contribution in [0.3, 0.4) is 0 Å². The maximum atomic E-state index is 11.9. The van der Waals surface area contributed by atoms with Crippen LogP contribution in [0.4, 0.5) is 4.79 Å². The van der Waals surface area contributed by atoms with Crippen LogP contribution in [0.1, 0.15) is 38.5 Å². The molecule has 0 aliphatic heterocycles.